The lowest BCUT2D eigenvalue weighted by Gasteiger charge is -2.09. The molecule has 3 aromatic rings. The van der Waals surface area contributed by atoms with Gasteiger partial charge in [-0.3, -0.25) is 19.7 Å². The van der Waals surface area contributed by atoms with Crippen LogP contribution in [0.3, 0.4) is 0 Å². The molecule has 2 aromatic carbocycles. The summed E-state index contributed by atoms with van der Waals surface area (Å²) in [6.45, 7) is 5.17. The summed E-state index contributed by atoms with van der Waals surface area (Å²) in [5, 5.41) is 14.2. The van der Waals surface area contributed by atoms with Crippen LogP contribution in [0.2, 0.25) is 0 Å². The molecule has 29 heavy (non-hydrogen) atoms. The number of rotatable bonds is 6. The Labute approximate surface area is 166 Å². The third-order valence-corrected chi connectivity index (χ3v) is 4.68. The predicted octanol–water partition coefficient (Wildman–Crippen LogP) is 3.99. The molecule has 0 saturated carbocycles. The summed E-state index contributed by atoms with van der Waals surface area (Å²) in [7, 11) is 0. The third kappa shape index (κ3) is 4.60. The fourth-order valence-electron chi connectivity index (χ4n) is 2.87. The van der Waals surface area contributed by atoms with E-state index >= 15 is 0 Å². The van der Waals surface area contributed by atoms with Gasteiger partial charge in [-0.1, -0.05) is 6.07 Å². The van der Waals surface area contributed by atoms with Crippen LogP contribution in [0.4, 0.5) is 11.4 Å². The van der Waals surface area contributed by atoms with E-state index in [9.17, 15) is 19.7 Å². The summed E-state index contributed by atoms with van der Waals surface area (Å²) in [4.78, 5) is 34.5. The Hall–Kier alpha value is -3.68. The number of anilines is 1. The number of non-ortho nitro benzene ring substituents is 1. The highest BCUT2D eigenvalue weighted by Crippen LogP contribution is 2.25. The number of nitro benzene ring substituents is 1. The molecule has 0 spiro atoms. The summed E-state index contributed by atoms with van der Waals surface area (Å²) in [6, 6.07) is 8.01. The van der Waals surface area contributed by atoms with E-state index in [1.165, 1.54) is 24.5 Å². The van der Waals surface area contributed by atoms with Gasteiger partial charge in [0, 0.05) is 23.1 Å². The number of nitro groups is 1. The van der Waals surface area contributed by atoms with E-state index in [0.717, 1.165) is 16.5 Å². The summed E-state index contributed by atoms with van der Waals surface area (Å²) >= 11 is 0. The monoisotopic (exact) mass is 396 g/mol. The van der Waals surface area contributed by atoms with Crippen molar-refractivity contribution in [1.29, 1.82) is 0 Å². The Morgan fingerprint density at radius 3 is 2.55 bits per heavy atom. The highest BCUT2D eigenvalue weighted by Gasteiger charge is 2.15. The number of hydrogen-bond donors (Lipinski definition) is 1. The Balaban J connectivity index is 1.60. The Bertz CT molecular complexity index is 1120. The smallest absolute Gasteiger partial charge is 0.310 e. The molecule has 0 fully saturated rings. The maximum absolute atomic E-state index is 12.1. The fraction of sp³-hybridized carbons (Fsp3) is 0.238. The number of aryl methyl sites for hydroxylation is 3. The van der Waals surface area contributed by atoms with Crippen LogP contribution < -0.4 is 5.32 Å². The first-order valence-corrected chi connectivity index (χ1v) is 8.92. The van der Waals surface area contributed by atoms with Crippen molar-refractivity contribution in [2.75, 3.05) is 11.9 Å². The van der Waals surface area contributed by atoms with Crippen molar-refractivity contribution in [3.8, 4) is 0 Å². The molecule has 0 aliphatic heterocycles. The molecule has 1 amide bonds. The van der Waals surface area contributed by atoms with Crippen LogP contribution in [-0.2, 0) is 20.7 Å². The minimum absolute atomic E-state index is 0.0291. The van der Waals surface area contributed by atoms with E-state index in [0.29, 0.717) is 22.4 Å². The molecule has 8 nitrogen and oxygen atoms in total. The van der Waals surface area contributed by atoms with Crippen LogP contribution in [0.25, 0.3) is 11.0 Å². The quantitative estimate of drug-likeness (QED) is 0.383. The largest absolute Gasteiger partial charge is 0.464 e. The first-order valence-electron chi connectivity index (χ1n) is 8.92. The predicted molar refractivity (Wildman–Crippen MR) is 107 cm³/mol. The maximum Gasteiger partial charge on any atom is 0.310 e. The number of carbonyl (C=O) groups excluding carboxylic acids is 2. The SMILES string of the molecule is Cc1cc2occ(CC(=O)OCC(=O)Nc3cc([N+](=O)[O-])ccc3C)c2cc1C. The summed E-state index contributed by atoms with van der Waals surface area (Å²) in [5.74, 6) is -1.15. The summed E-state index contributed by atoms with van der Waals surface area (Å²) < 4.78 is 10.5. The van der Waals surface area contributed by atoms with Gasteiger partial charge in [0.2, 0.25) is 0 Å². The van der Waals surface area contributed by atoms with Crippen molar-refractivity contribution in [3.05, 3.63) is 69.0 Å². The zero-order valence-corrected chi connectivity index (χ0v) is 16.3. The molecule has 8 heteroatoms. The average molecular weight is 396 g/mol. The topological polar surface area (TPSA) is 112 Å². The summed E-state index contributed by atoms with van der Waals surface area (Å²) in [5.41, 5.74) is 4.37. The van der Waals surface area contributed by atoms with Crippen LogP contribution in [0, 0.1) is 30.9 Å². The van der Waals surface area contributed by atoms with Gasteiger partial charge in [0.25, 0.3) is 11.6 Å². The fourth-order valence-corrected chi connectivity index (χ4v) is 2.87. The molecular formula is C21H20N2O6. The molecular weight excluding hydrogens is 376 g/mol. The molecule has 0 unspecified atom stereocenters. The molecule has 0 aliphatic carbocycles. The second-order valence-electron chi connectivity index (χ2n) is 6.84. The summed E-state index contributed by atoms with van der Waals surface area (Å²) in [6.07, 6.45) is 1.48. The number of esters is 1. The minimum Gasteiger partial charge on any atom is -0.464 e. The number of nitrogens with zero attached hydrogens (tertiary/aromatic N) is 1. The van der Waals surface area contributed by atoms with Crippen LogP contribution >= 0.6 is 0 Å². The second-order valence-corrected chi connectivity index (χ2v) is 6.84. The van der Waals surface area contributed by atoms with Crippen molar-refractivity contribution < 1.29 is 23.7 Å². The molecule has 150 valence electrons. The van der Waals surface area contributed by atoms with Gasteiger partial charge in [0.1, 0.15) is 5.58 Å². The van der Waals surface area contributed by atoms with Gasteiger partial charge in [0.05, 0.1) is 23.3 Å². The van der Waals surface area contributed by atoms with Crippen molar-refractivity contribution in [2.45, 2.75) is 27.2 Å². The van der Waals surface area contributed by atoms with Crippen molar-refractivity contribution in [2.24, 2.45) is 0 Å². The minimum atomic E-state index is -0.578. The van der Waals surface area contributed by atoms with Crippen LogP contribution in [0.15, 0.2) is 41.0 Å². The number of fused-ring (bicyclic) bond motifs is 1. The first kappa shape index (κ1) is 20.1. The van der Waals surface area contributed by atoms with Gasteiger partial charge in [-0.25, -0.2) is 0 Å². The number of amides is 1. The Kier molecular flexibility index (Phi) is 5.63. The van der Waals surface area contributed by atoms with Crippen LogP contribution in [-0.4, -0.2) is 23.4 Å². The Morgan fingerprint density at radius 1 is 1.10 bits per heavy atom. The number of nitrogens with one attached hydrogen (secondary N) is 1. The van der Waals surface area contributed by atoms with Gasteiger partial charge in [0.15, 0.2) is 6.61 Å². The number of ether oxygens (including phenoxy) is 1. The molecule has 1 aromatic heterocycles. The number of furan rings is 1. The van der Waals surface area contributed by atoms with E-state index in [2.05, 4.69) is 5.32 Å². The van der Waals surface area contributed by atoms with Crippen molar-refractivity contribution in [1.82, 2.24) is 0 Å². The molecule has 0 atom stereocenters. The Morgan fingerprint density at radius 2 is 1.83 bits per heavy atom. The third-order valence-electron chi connectivity index (χ3n) is 4.68. The van der Waals surface area contributed by atoms with Gasteiger partial charge >= 0.3 is 5.97 Å². The van der Waals surface area contributed by atoms with Crippen molar-refractivity contribution in [3.63, 3.8) is 0 Å². The number of benzene rings is 2. The van der Waals surface area contributed by atoms with E-state index in [1.54, 1.807) is 6.92 Å². The molecule has 0 bridgehead atoms. The molecule has 1 heterocycles. The second kappa shape index (κ2) is 8.14. The highest BCUT2D eigenvalue weighted by atomic mass is 16.6. The highest BCUT2D eigenvalue weighted by molar-refractivity contribution is 5.94. The van der Waals surface area contributed by atoms with Crippen LogP contribution in [0.1, 0.15) is 22.3 Å². The maximum atomic E-state index is 12.1. The zero-order valence-electron chi connectivity index (χ0n) is 16.3. The average Bonchev–Trinajstić information content (AvgIpc) is 3.03. The normalized spacial score (nSPS) is 10.7. The lowest BCUT2D eigenvalue weighted by atomic mass is 10.0. The standard InChI is InChI=1S/C21H20N2O6/c1-12-4-5-16(23(26)27)9-18(12)22-20(24)11-29-21(25)8-15-10-28-19-7-14(3)13(2)6-17(15)19/h4-7,9-10H,8,11H2,1-3H3,(H,22,24). The van der Waals surface area contributed by atoms with Gasteiger partial charge in [-0.05, 0) is 49.6 Å². The number of carbonyl (C=O) groups is 2. The molecule has 1 N–H and O–H groups in total. The lowest BCUT2D eigenvalue weighted by Crippen LogP contribution is -2.22. The van der Waals surface area contributed by atoms with E-state index in [-0.39, 0.29) is 12.1 Å². The molecule has 0 radical (unpaired) electrons. The van der Waals surface area contributed by atoms with Gasteiger partial charge in [-0.2, -0.15) is 0 Å². The lowest BCUT2D eigenvalue weighted by molar-refractivity contribution is -0.384. The molecule has 0 aliphatic rings. The molecule has 3 rings (SSSR count). The first-order chi connectivity index (χ1) is 13.7. The van der Waals surface area contributed by atoms with E-state index in [4.69, 9.17) is 9.15 Å². The number of hydrogen-bond acceptors (Lipinski definition) is 6. The van der Waals surface area contributed by atoms with Gasteiger partial charge < -0.3 is 14.5 Å². The van der Waals surface area contributed by atoms with E-state index < -0.39 is 23.4 Å². The molecule has 0 saturated heterocycles. The van der Waals surface area contributed by atoms with E-state index in [1.807, 2.05) is 26.0 Å². The zero-order chi connectivity index (χ0) is 21.1. The van der Waals surface area contributed by atoms with Gasteiger partial charge in [-0.15, -0.1) is 0 Å². The van der Waals surface area contributed by atoms with Crippen molar-refractivity contribution >= 4 is 34.2 Å². The van der Waals surface area contributed by atoms with Crippen LogP contribution in [0.5, 0.6) is 0 Å².